The number of rotatable bonds is 17. The molecule has 7 aliphatic rings. The largest absolute Gasteiger partial charge is 0.377 e. The topological polar surface area (TPSA) is 242 Å². The molecule has 20 heteroatoms. The van der Waals surface area contributed by atoms with Gasteiger partial charge < -0.3 is 52.1 Å². The van der Waals surface area contributed by atoms with Gasteiger partial charge in [-0.1, -0.05) is 76.2 Å². The van der Waals surface area contributed by atoms with Gasteiger partial charge in [0, 0.05) is 24.2 Å². The molecular weight excluding hydrogens is 1020 g/mol. The van der Waals surface area contributed by atoms with Gasteiger partial charge in [-0.05, 0) is 137 Å². The summed E-state index contributed by atoms with van der Waals surface area (Å²) in [4.78, 5) is 103. The number of benzene rings is 2. The fourth-order valence-corrected chi connectivity index (χ4v) is 16.6. The summed E-state index contributed by atoms with van der Waals surface area (Å²) in [5.74, 6) is -1.02. The smallest absolute Gasteiger partial charge is 0.246 e. The average Bonchev–Trinajstić information content (AvgIpc) is 4.08. The minimum atomic E-state index is -0.956. The lowest BCUT2D eigenvalue weighted by molar-refractivity contribution is -0.144. The highest BCUT2D eigenvalue weighted by atomic mass is 32.2. The van der Waals surface area contributed by atoms with Crippen molar-refractivity contribution >= 4 is 64.8 Å². The number of thioether (sulfide) groups is 2. The fourth-order valence-electron chi connectivity index (χ4n) is 13.4. The van der Waals surface area contributed by atoms with E-state index in [1.807, 2.05) is 83.1 Å². The zero-order valence-electron chi connectivity index (χ0n) is 46.0. The molecule has 4 aliphatic heterocycles. The predicted octanol–water partition coefficient (Wildman–Crippen LogP) is 2.79. The summed E-state index contributed by atoms with van der Waals surface area (Å²) in [7, 11) is 3.45. The number of carbonyl (C=O) groups is 7. The molecule has 0 bridgehead atoms. The lowest BCUT2D eigenvalue weighted by Crippen LogP contribution is -2.59. The van der Waals surface area contributed by atoms with Gasteiger partial charge in [-0.2, -0.15) is 0 Å². The Morgan fingerprint density at radius 3 is 1.69 bits per heavy atom. The van der Waals surface area contributed by atoms with Crippen LogP contribution < -0.4 is 42.5 Å². The Hall–Kier alpha value is -4.57. The molecule has 0 spiro atoms. The molecule has 6 amide bonds. The molecule has 0 aromatic heterocycles. The molecule has 5 fully saturated rings. The van der Waals surface area contributed by atoms with E-state index >= 15 is 0 Å². The highest BCUT2D eigenvalue weighted by Crippen LogP contribution is 2.49. The molecule has 1 saturated carbocycles. The monoisotopic (exact) mass is 1100 g/mol. The second-order valence-corrected chi connectivity index (χ2v) is 26.7. The van der Waals surface area contributed by atoms with E-state index in [-0.39, 0.29) is 76.6 Å². The number of ketones is 1. The van der Waals surface area contributed by atoms with Crippen LogP contribution >= 0.6 is 23.5 Å². The first-order valence-corrected chi connectivity index (χ1v) is 30.1. The van der Waals surface area contributed by atoms with E-state index in [4.69, 9.17) is 0 Å². The van der Waals surface area contributed by atoms with E-state index in [9.17, 15) is 38.7 Å². The van der Waals surface area contributed by atoms with Crippen LogP contribution in [0.4, 0.5) is 0 Å². The molecule has 420 valence electrons. The fraction of sp³-hybridized carbons (Fsp3) is 0.667. The number of fused-ring (bicyclic) bond motifs is 4. The van der Waals surface area contributed by atoms with Crippen LogP contribution in [-0.4, -0.2) is 154 Å². The normalized spacial score (nSPS) is 32.3. The first-order valence-electron chi connectivity index (χ1n) is 28.0. The van der Waals surface area contributed by atoms with E-state index in [0.29, 0.717) is 75.7 Å². The number of nitrogens with zero attached hydrogens (tertiary/aromatic N) is 2. The third kappa shape index (κ3) is 11.9. The van der Waals surface area contributed by atoms with Crippen LogP contribution in [0.1, 0.15) is 127 Å². The van der Waals surface area contributed by atoms with Crippen molar-refractivity contribution in [2.24, 2.45) is 22.7 Å². The van der Waals surface area contributed by atoms with Gasteiger partial charge in [-0.15, -0.1) is 23.5 Å². The maximum absolute atomic E-state index is 14.8. The standard InChI is InChI=1S/C57H82N10O8S2/c1-30(58-7)49(69)63-40-21-23-76-43-27-56(3,4)47(66(43)54(40)74)42(68)29-60-45-36-15-11-9-13-32(36)25-38(45)51(71)61-34-17-19-35(20-18-34)62-52(72)39-26-33-14-10-12-16-37(33)46(39)65-53(73)48-57(5,6)28-44-67(48)55(75)41(22-24-77-44)64-50(70)31(2)59-8/h9-16,30-31,34-35,38-41,43-48,50,58-60,64,70H,17-29H2,1-8H3,(H,61,71)(H,62,72)(H,63,69)(H,65,73)/t30-,31-,34-,35-,38+,39+,40-,41-,43-,44-,45-,46-,47+,48+,50?/m0/s1. The van der Waals surface area contributed by atoms with Gasteiger partial charge in [0.1, 0.15) is 18.3 Å². The molecule has 18 nitrogen and oxygen atoms in total. The molecule has 9 rings (SSSR count). The zero-order chi connectivity index (χ0) is 55.1. The number of Topliss-reactive ketones (excluding diaryl/α,β-unsaturated/α-hetero) is 1. The van der Waals surface area contributed by atoms with Gasteiger partial charge in [0.2, 0.25) is 35.4 Å². The second kappa shape index (κ2) is 23.6. The predicted molar refractivity (Wildman–Crippen MR) is 298 cm³/mol. The number of nitrogens with one attached hydrogen (secondary N) is 8. The van der Waals surface area contributed by atoms with Crippen molar-refractivity contribution in [3.8, 4) is 0 Å². The Bertz CT molecular complexity index is 2560. The number of amides is 6. The lowest BCUT2D eigenvalue weighted by atomic mass is 9.82. The van der Waals surface area contributed by atoms with Crippen molar-refractivity contribution in [1.29, 1.82) is 0 Å². The third-order valence-corrected chi connectivity index (χ3v) is 20.4. The summed E-state index contributed by atoms with van der Waals surface area (Å²) in [5, 5.41) is 35.9. The van der Waals surface area contributed by atoms with Crippen molar-refractivity contribution in [2.75, 3.05) is 32.1 Å². The molecular formula is C57H82N10O8S2. The van der Waals surface area contributed by atoms with Gasteiger partial charge in [0.05, 0.1) is 53.3 Å². The number of likely N-dealkylation sites (N-methyl/N-ethyl adjacent to an activating group) is 2. The Balaban J connectivity index is 0.813. The molecule has 9 N–H and O–H groups in total. The van der Waals surface area contributed by atoms with Crippen LogP contribution in [0.3, 0.4) is 0 Å². The molecule has 2 aromatic carbocycles. The summed E-state index contributed by atoms with van der Waals surface area (Å²) >= 11 is 3.33. The zero-order valence-corrected chi connectivity index (χ0v) is 47.6. The number of aliphatic hydroxyl groups is 1. The minimum Gasteiger partial charge on any atom is -0.377 e. The van der Waals surface area contributed by atoms with Crippen LogP contribution in [0.15, 0.2) is 48.5 Å². The molecule has 4 saturated heterocycles. The Morgan fingerprint density at radius 1 is 0.636 bits per heavy atom. The van der Waals surface area contributed by atoms with Crippen molar-refractivity contribution in [1.82, 2.24) is 52.3 Å². The number of hydrogen-bond acceptors (Lipinski definition) is 14. The summed E-state index contributed by atoms with van der Waals surface area (Å²) in [6, 6.07) is 10.9. The quantitative estimate of drug-likeness (QED) is 0.104. The molecule has 3 aliphatic carbocycles. The van der Waals surface area contributed by atoms with Crippen LogP contribution in [0, 0.1) is 22.7 Å². The molecule has 77 heavy (non-hydrogen) atoms. The van der Waals surface area contributed by atoms with Gasteiger partial charge >= 0.3 is 0 Å². The molecule has 2 aromatic rings. The van der Waals surface area contributed by atoms with Crippen LogP contribution in [0.2, 0.25) is 0 Å². The van der Waals surface area contributed by atoms with E-state index in [2.05, 4.69) is 42.5 Å². The second-order valence-electron chi connectivity index (χ2n) is 24.1. The van der Waals surface area contributed by atoms with Crippen molar-refractivity contribution < 1.29 is 38.7 Å². The van der Waals surface area contributed by atoms with Gasteiger partial charge in [-0.3, -0.25) is 38.9 Å². The maximum atomic E-state index is 14.8. The summed E-state index contributed by atoms with van der Waals surface area (Å²) in [6.45, 7) is 11.6. The Labute approximate surface area is 462 Å². The van der Waals surface area contributed by atoms with E-state index < -0.39 is 71.2 Å². The highest BCUT2D eigenvalue weighted by molar-refractivity contribution is 8.00. The minimum absolute atomic E-state index is 0.0373. The molecule has 13 atom stereocenters. The number of aliphatic hydroxyl groups excluding tert-OH is 1. The van der Waals surface area contributed by atoms with Crippen LogP contribution in [0.25, 0.3) is 0 Å². The van der Waals surface area contributed by atoms with E-state index in [1.165, 1.54) is 0 Å². The maximum Gasteiger partial charge on any atom is 0.246 e. The van der Waals surface area contributed by atoms with Gasteiger partial charge in [0.25, 0.3) is 0 Å². The van der Waals surface area contributed by atoms with Gasteiger partial charge in [0.15, 0.2) is 5.78 Å². The number of hydrogen-bond donors (Lipinski definition) is 9. The van der Waals surface area contributed by atoms with E-state index in [1.54, 1.807) is 54.3 Å². The number of carbonyl (C=O) groups excluding carboxylic acids is 7. The third-order valence-electron chi connectivity index (χ3n) is 17.9. The molecule has 4 heterocycles. The molecule has 1 unspecified atom stereocenters. The summed E-state index contributed by atoms with van der Waals surface area (Å²) < 4.78 is 0. The average molecular weight is 1100 g/mol. The highest BCUT2D eigenvalue weighted by Gasteiger charge is 2.57. The SMILES string of the molecule is CN[C@@H](C)C(=O)N[C@H]1CCS[C@H]2CC(C)(C)[C@@H](C(=O)CN[C@H]3c4ccccc4C[C@H]3C(=O)N[C@H]3CC[C@H](NC(=O)[C@@H]4Cc5ccccc5[C@@H]4NC(=O)[C@H]4N5C(=O)[C@@H](NC(O)[C@H](C)NC)CCS[C@H]5CC4(C)C)CC3)N2C1=O. The van der Waals surface area contributed by atoms with Crippen LogP contribution in [-0.2, 0) is 46.4 Å². The first-order chi connectivity index (χ1) is 36.7. The molecule has 0 radical (unpaired) electrons. The first kappa shape index (κ1) is 57.1. The van der Waals surface area contributed by atoms with Crippen molar-refractivity contribution in [2.45, 2.75) is 183 Å². The van der Waals surface area contributed by atoms with Crippen molar-refractivity contribution in [3.05, 3.63) is 70.8 Å². The van der Waals surface area contributed by atoms with E-state index in [0.717, 1.165) is 22.3 Å². The summed E-state index contributed by atoms with van der Waals surface area (Å²) in [6.07, 6.45) is 4.93. The Morgan fingerprint density at radius 2 is 1.13 bits per heavy atom. The lowest BCUT2D eigenvalue weighted by Gasteiger charge is -2.36. The van der Waals surface area contributed by atoms with Crippen LogP contribution in [0.5, 0.6) is 0 Å². The Kier molecular flexibility index (Phi) is 17.5. The van der Waals surface area contributed by atoms with Crippen molar-refractivity contribution in [3.63, 3.8) is 0 Å². The van der Waals surface area contributed by atoms with Gasteiger partial charge in [-0.25, -0.2) is 0 Å². The summed E-state index contributed by atoms with van der Waals surface area (Å²) in [5.41, 5.74) is 2.85.